The maximum Gasteiger partial charge on any atom is 0.163 e. The van der Waals surface area contributed by atoms with Gasteiger partial charge in [0.25, 0.3) is 0 Å². The van der Waals surface area contributed by atoms with E-state index in [1.54, 1.807) is 0 Å². The fourth-order valence-corrected chi connectivity index (χ4v) is 2.77. The summed E-state index contributed by atoms with van der Waals surface area (Å²) in [5.74, 6) is 0.319. The molecule has 1 nitrogen and oxygen atoms in total. The Morgan fingerprint density at radius 1 is 1.05 bits per heavy atom. The van der Waals surface area contributed by atoms with Crippen LogP contribution in [0.15, 0.2) is 54.6 Å². The summed E-state index contributed by atoms with van der Waals surface area (Å²) in [6.45, 7) is 6.49. The van der Waals surface area contributed by atoms with E-state index in [4.69, 9.17) is 11.6 Å². The molecule has 2 aromatic rings. The Bertz CT molecular complexity index is 611. The number of carbonyl (C=O) groups excluding carboxylic acids is 1. The van der Waals surface area contributed by atoms with E-state index in [2.05, 4.69) is 26.8 Å². The number of halogens is 1. The Balaban J connectivity index is 2.28. The summed E-state index contributed by atoms with van der Waals surface area (Å²) in [5.41, 5.74) is 1.89. The van der Waals surface area contributed by atoms with Gasteiger partial charge in [-0.2, -0.15) is 0 Å². The first-order chi connectivity index (χ1) is 9.88. The molecule has 0 aliphatic carbocycles. The van der Waals surface area contributed by atoms with Gasteiger partial charge in [0.1, 0.15) is 0 Å². The first-order valence-corrected chi connectivity index (χ1v) is 7.59. The molecule has 0 amide bonds. The highest BCUT2D eigenvalue weighted by Crippen LogP contribution is 2.39. The van der Waals surface area contributed by atoms with E-state index in [-0.39, 0.29) is 17.1 Å². The molecule has 21 heavy (non-hydrogen) atoms. The number of hydrogen-bond donors (Lipinski definition) is 0. The molecule has 0 aromatic heterocycles. The van der Waals surface area contributed by atoms with E-state index in [0.717, 1.165) is 11.1 Å². The minimum atomic E-state index is -0.00484. The molecule has 0 heterocycles. The summed E-state index contributed by atoms with van der Waals surface area (Å²) in [7, 11) is 0. The third kappa shape index (κ3) is 4.18. The van der Waals surface area contributed by atoms with Gasteiger partial charge in [-0.3, -0.25) is 4.79 Å². The molecule has 0 spiro atoms. The topological polar surface area (TPSA) is 17.1 Å². The molecule has 2 heteroatoms. The molecule has 1 atom stereocenters. The molecule has 0 saturated heterocycles. The molecule has 0 saturated carbocycles. The van der Waals surface area contributed by atoms with Crippen LogP contribution in [0.4, 0.5) is 0 Å². The van der Waals surface area contributed by atoms with Gasteiger partial charge in [0.2, 0.25) is 0 Å². The van der Waals surface area contributed by atoms with Crippen molar-refractivity contribution in [1.29, 1.82) is 0 Å². The third-order valence-electron chi connectivity index (χ3n) is 3.78. The highest BCUT2D eigenvalue weighted by molar-refractivity contribution is 6.30. The Kier molecular flexibility index (Phi) is 4.84. The average Bonchev–Trinajstić information content (AvgIpc) is 2.44. The summed E-state index contributed by atoms with van der Waals surface area (Å²) in [5, 5.41) is 0.717. The largest absolute Gasteiger partial charge is 0.294 e. The molecular weight excluding hydrogens is 280 g/mol. The fourth-order valence-electron chi connectivity index (χ4n) is 2.57. The summed E-state index contributed by atoms with van der Waals surface area (Å²) in [4.78, 5) is 12.5. The number of carbonyl (C=O) groups is 1. The zero-order valence-electron chi connectivity index (χ0n) is 12.8. The van der Waals surface area contributed by atoms with Crippen molar-refractivity contribution in [3.05, 3.63) is 70.7 Å². The first kappa shape index (κ1) is 15.8. The molecular formula is C19H21ClO. The van der Waals surface area contributed by atoms with Crippen molar-refractivity contribution in [3.63, 3.8) is 0 Å². The van der Waals surface area contributed by atoms with Gasteiger partial charge < -0.3 is 0 Å². The number of hydrogen-bond acceptors (Lipinski definition) is 1. The van der Waals surface area contributed by atoms with Crippen LogP contribution in [0.2, 0.25) is 5.02 Å². The first-order valence-electron chi connectivity index (χ1n) is 7.21. The number of ketones is 1. The monoisotopic (exact) mass is 300 g/mol. The second-order valence-electron chi connectivity index (χ2n) is 6.47. The van der Waals surface area contributed by atoms with E-state index in [9.17, 15) is 4.79 Å². The van der Waals surface area contributed by atoms with E-state index in [0.29, 0.717) is 11.4 Å². The van der Waals surface area contributed by atoms with Gasteiger partial charge in [-0.05, 0) is 29.0 Å². The lowest BCUT2D eigenvalue weighted by atomic mass is 9.73. The third-order valence-corrected chi connectivity index (χ3v) is 4.02. The predicted octanol–water partition coefficient (Wildman–Crippen LogP) is 5.74. The van der Waals surface area contributed by atoms with Crippen molar-refractivity contribution in [2.45, 2.75) is 33.1 Å². The molecule has 110 valence electrons. The van der Waals surface area contributed by atoms with E-state index >= 15 is 0 Å². The van der Waals surface area contributed by atoms with Gasteiger partial charge in [-0.25, -0.2) is 0 Å². The zero-order valence-corrected chi connectivity index (χ0v) is 13.5. The lowest BCUT2D eigenvalue weighted by Crippen LogP contribution is -2.21. The van der Waals surface area contributed by atoms with Crippen LogP contribution in [-0.2, 0) is 0 Å². The summed E-state index contributed by atoms with van der Waals surface area (Å²) in [6.07, 6.45) is 0.494. The maximum absolute atomic E-state index is 12.5. The Labute approximate surface area is 132 Å². The standard InChI is InChI=1S/C19H21ClO/c1-19(2,3)17(15-10-7-11-16(20)12-15)13-18(21)14-8-5-4-6-9-14/h4-12,17H,13H2,1-3H3. The highest BCUT2D eigenvalue weighted by Gasteiger charge is 2.28. The molecule has 0 bridgehead atoms. The molecule has 0 aliphatic rings. The smallest absolute Gasteiger partial charge is 0.163 e. The van der Waals surface area contributed by atoms with Crippen LogP contribution in [0.1, 0.15) is 49.0 Å². The second-order valence-corrected chi connectivity index (χ2v) is 6.90. The molecule has 0 N–H and O–H groups in total. The van der Waals surface area contributed by atoms with Crippen molar-refractivity contribution in [2.75, 3.05) is 0 Å². The average molecular weight is 301 g/mol. The van der Waals surface area contributed by atoms with Crippen LogP contribution in [0, 0.1) is 5.41 Å². The zero-order chi connectivity index (χ0) is 15.5. The van der Waals surface area contributed by atoms with E-state index in [1.807, 2.05) is 48.5 Å². The molecule has 0 aliphatic heterocycles. The van der Waals surface area contributed by atoms with Crippen LogP contribution in [0.3, 0.4) is 0 Å². The van der Waals surface area contributed by atoms with Crippen molar-refractivity contribution in [1.82, 2.24) is 0 Å². The highest BCUT2D eigenvalue weighted by atomic mass is 35.5. The predicted molar refractivity (Wildman–Crippen MR) is 89.0 cm³/mol. The van der Waals surface area contributed by atoms with Gasteiger partial charge in [0.15, 0.2) is 5.78 Å². The van der Waals surface area contributed by atoms with Crippen molar-refractivity contribution in [3.8, 4) is 0 Å². The quantitative estimate of drug-likeness (QED) is 0.658. The van der Waals surface area contributed by atoms with Crippen molar-refractivity contribution >= 4 is 17.4 Å². The molecule has 0 radical (unpaired) electrons. The fraction of sp³-hybridized carbons (Fsp3) is 0.316. The molecule has 2 rings (SSSR count). The van der Waals surface area contributed by atoms with Crippen molar-refractivity contribution in [2.24, 2.45) is 5.41 Å². The lowest BCUT2D eigenvalue weighted by Gasteiger charge is -2.31. The van der Waals surface area contributed by atoms with E-state index in [1.165, 1.54) is 0 Å². The van der Waals surface area contributed by atoms with Gasteiger partial charge in [0, 0.05) is 17.0 Å². The van der Waals surface area contributed by atoms with Crippen LogP contribution < -0.4 is 0 Å². The maximum atomic E-state index is 12.5. The Hall–Kier alpha value is -1.60. The lowest BCUT2D eigenvalue weighted by molar-refractivity contribution is 0.0951. The molecule has 1 unspecified atom stereocenters. The summed E-state index contributed by atoms with van der Waals surface area (Å²) in [6, 6.07) is 17.3. The Morgan fingerprint density at radius 3 is 2.29 bits per heavy atom. The van der Waals surface area contributed by atoms with Crippen LogP contribution >= 0.6 is 11.6 Å². The van der Waals surface area contributed by atoms with Crippen LogP contribution in [-0.4, -0.2) is 5.78 Å². The van der Waals surface area contributed by atoms with Gasteiger partial charge in [0.05, 0.1) is 0 Å². The number of benzene rings is 2. The minimum absolute atomic E-state index is 0.00484. The Morgan fingerprint density at radius 2 is 1.71 bits per heavy atom. The van der Waals surface area contributed by atoms with Gasteiger partial charge in [-0.1, -0.05) is 74.8 Å². The van der Waals surface area contributed by atoms with Crippen LogP contribution in [0.25, 0.3) is 0 Å². The number of rotatable bonds is 4. The summed E-state index contributed by atoms with van der Waals surface area (Å²) >= 11 is 6.11. The van der Waals surface area contributed by atoms with Crippen LogP contribution in [0.5, 0.6) is 0 Å². The van der Waals surface area contributed by atoms with Gasteiger partial charge >= 0.3 is 0 Å². The molecule has 0 fully saturated rings. The van der Waals surface area contributed by atoms with Crippen molar-refractivity contribution < 1.29 is 4.79 Å². The summed E-state index contributed by atoms with van der Waals surface area (Å²) < 4.78 is 0. The minimum Gasteiger partial charge on any atom is -0.294 e. The normalized spacial score (nSPS) is 13.0. The number of Topliss-reactive ketones (excluding diaryl/α,β-unsaturated/α-hetero) is 1. The SMILES string of the molecule is CC(C)(C)C(CC(=O)c1ccccc1)c1cccc(Cl)c1. The van der Waals surface area contributed by atoms with E-state index < -0.39 is 0 Å². The van der Waals surface area contributed by atoms with Gasteiger partial charge in [-0.15, -0.1) is 0 Å². The molecule has 2 aromatic carbocycles. The second kappa shape index (κ2) is 6.44.